The van der Waals surface area contributed by atoms with E-state index in [9.17, 15) is 5.11 Å². The first-order valence-corrected chi connectivity index (χ1v) is 11.2. The lowest BCUT2D eigenvalue weighted by Crippen LogP contribution is -2.47. The van der Waals surface area contributed by atoms with Crippen molar-refractivity contribution in [3.63, 3.8) is 0 Å². The van der Waals surface area contributed by atoms with Crippen LogP contribution in [0.2, 0.25) is 0 Å². The molecule has 1 atom stereocenters. The molecule has 3 heterocycles. The number of hydrogen-bond donors (Lipinski definition) is 1. The van der Waals surface area contributed by atoms with Crippen LogP contribution in [-0.4, -0.2) is 57.9 Å². The van der Waals surface area contributed by atoms with Gasteiger partial charge in [0.25, 0.3) is 0 Å². The van der Waals surface area contributed by atoms with E-state index in [0.717, 1.165) is 36.8 Å². The minimum Gasteiger partial charge on any atom is -0.497 e. The number of ether oxygens (including phenoxy) is 1. The third kappa shape index (κ3) is 3.73. The average Bonchev–Trinajstić information content (AvgIpc) is 3.39. The zero-order chi connectivity index (χ0) is 21.4. The summed E-state index contributed by atoms with van der Waals surface area (Å²) in [5, 5.41) is 15.1. The summed E-state index contributed by atoms with van der Waals surface area (Å²) >= 11 is 1.50. The fourth-order valence-electron chi connectivity index (χ4n) is 4.18. The van der Waals surface area contributed by atoms with Crippen molar-refractivity contribution in [1.82, 2.24) is 19.5 Å². The normalized spacial score (nSPS) is 16.0. The molecule has 1 N–H and O–H groups in total. The van der Waals surface area contributed by atoms with Gasteiger partial charge in [-0.1, -0.05) is 41.2 Å². The Morgan fingerprint density at radius 3 is 2.35 bits per heavy atom. The van der Waals surface area contributed by atoms with Crippen LogP contribution in [0, 0.1) is 6.92 Å². The topological polar surface area (TPSA) is 66.1 Å². The van der Waals surface area contributed by atoms with Gasteiger partial charge in [-0.3, -0.25) is 4.90 Å². The summed E-state index contributed by atoms with van der Waals surface area (Å²) in [6, 6.07) is 16.8. The summed E-state index contributed by atoms with van der Waals surface area (Å²) < 4.78 is 6.80. The molecule has 1 aliphatic rings. The molecule has 0 saturated carbocycles. The van der Waals surface area contributed by atoms with E-state index in [1.165, 1.54) is 39.0 Å². The Labute approximate surface area is 185 Å². The third-order valence-corrected chi connectivity index (χ3v) is 6.98. The third-order valence-electron chi connectivity index (χ3n) is 5.90. The fraction of sp³-hybridized carbons (Fsp3) is 0.304. The summed E-state index contributed by atoms with van der Waals surface area (Å²) in [5.41, 5.74) is 3.59. The predicted octanol–water partition coefficient (Wildman–Crippen LogP) is 3.73. The summed E-state index contributed by atoms with van der Waals surface area (Å²) in [5.74, 6) is 1.05. The summed E-state index contributed by atoms with van der Waals surface area (Å²) in [6.07, 6.45) is 1.48. The van der Waals surface area contributed by atoms with Gasteiger partial charge in [0.1, 0.15) is 12.1 Å². The van der Waals surface area contributed by atoms with Gasteiger partial charge in [0.15, 0.2) is 0 Å². The van der Waals surface area contributed by atoms with E-state index >= 15 is 0 Å². The largest absolute Gasteiger partial charge is 0.497 e. The Morgan fingerprint density at radius 2 is 1.71 bits per heavy atom. The minimum absolute atomic E-state index is 0.0351. The lowest BCUT2D eigenvalue weighted by atomic mass is 10.0. The number of rotatable bonds is 5. The maximum atomic E-state index is 10.9. The molecule has 0 aliphatic carbocycles. The first-order chi connectivity index (χ1) is 15.1. The maximum absolute atomic E-state index is 10.9. The number of piperazine rings is 1. The van der Waals surface area contributed by atoms with Crippen LogP contribution in [0.3, 0.4) is 0 Å². The molecule has 2 aromatic carbocycles. The summed E-state index contributed by atoms with van der Waals surface area (Å²) in [4.78, 5) is 10.7. The Balaban J connectivity index is 1.42. The van der Waals surface area contributed by atoms with Crippen LogP contribution in [0.15, 0.2) is 54.9 Å². The molecule has 1 aliphatic heterocycles. The second-order valence-electron chi connectivity index (χ2n) is 7.78. The molecule has 1 fully saturated rings. The van der Waals surface area contributed by atoms with Crippen molar-refractivity contribution in [1.29, 1.82) is 0 Å². The lowest BCUT2D eigenvalue weighted by molar-refractivity contribution is 0.211. The van der Waals surface area contributed by atoms with Gasteiger partial charge in [-0.2, -0.15) is 9.61 Å². The highest BCUT2D eigenvalue weighted by Gasteiger charge is 2.31. The van der Waals surface area contributed by atoms with Gasteiger partial charge in [0.2, 0.25) is 10.8 Å². The van der Waals surface area contributed by atoms with E-state index in [-0.39, 0.29) is 11.9 Å². The van der Waals surface area contributed by atoms with E-state index in [0.29, 0.717) is 4.96 Å². The van der Waals surface area contributed by atoms with Crippen LogP contribution in [-0.2, 0) is 0 Å². The molecule has 7 nitrogen and oxygen atoms in total. The second-order valence-corrected chi connectivity index (χ2v) is 8.79. The second kappa shape index (κ2) is 8.20. The van der Waals surface area contributed by atoms with Crippen LogP contribution in [0.5, 0.6) is 11.6 Å². The molecule has 4 aromatic rings. The predicted molar refractivity (Wildman–Crippen MR) is 122 cm³/mol. The number of aromatic nitrogens is 3. The number of anilines is 1. The Hall–Kier alpha value is -3.10. The summed E-state index contributed by atoms with van der Waals surface area (Å²) in [7, 11) is 1.69. The number of aromatic hydroxyl groups is 1. The molecule has 2 aromatic heterocycles. The smallest absolute Gasteiger partial charge is 0.230 e. The molecule has 31 heavy (non-hydrogen) atoms. The molecular formula is C23H25N5O2S. The van der Waals surface area contributed by atoms with Gasteiger partial charge < -0.3 is 14.7 Å². The van der Waals surface area contributed by atoms with Crippen molar-refractivity contribution < 1.29 is 9.84 Å². The number of aryl methyl sites for hydroxylation is 1. The van der Waals surface area contributed by atoms with Crippen LogP contribution in [0.4, 0.5) is 5.69 Å². The van der Waals surface area contributed by atoms with Gasteiger partial charge >= 0.3 is 0 Å². The molecule has 8 heteroatoms. The van der Waals surface area contributed by atoms with E-state index in [1.54, 1.807) is 7.11 Å². The van der Waals surface area contributed by atoms with Crippen LogP contribution in [0.1, 0.15) is 22.0 Å². The molecule has 160 valence electrons. The van der Waals surface area contributed by atoms with Crippen molar-refractivity contribution in [3.05, 3.63) is 70.9 Å². The fourth-order valence-corrected chi connectivity index (χ4v) is 5.27. The molecule has 0 radical (unpaired) electrons. The zero-order valence-corrected chi connectivity index (χ0v) is 18.4. The highest BCUT2D eigenvalue weighted by molar-refractivity contribution is 7.17. The lowest BCUT2D eigenvalue weighted by Gasteiger charge is -2.40. The van der Waals surface area contributed by atoms with E-state index in [4.69, 9.17) is 4.74 Å². The van der Waals surface area contributed by atoms with Crippen molar-refractivity contribution in [2.24, 2.45) is 0 Å². The number of nitrogens with zero attached hydrogens (tertiary/aromatic N) is 5. The van der Waals surface area contributed by atoms with Gasteiger partial charge in [-0.15, -0.1) is 0 Å². The highest BCUT2D eigenvalue weighted by atomic mass is 32.1. The number of methoxy groups -OCH3 is 1. The Kier molecular flexibility index (Phi) is 5.25. The standard InChI is InChI=1S/C23H25N5O2S/c1-16-3-5-17(6-4-16)20(21-22(29)28-23(31-21)24-15-25-28)27-13-11-26(12-14-27)18-7-9-19(30-2)10-8-18/h3-10,15,20,29H,11-14H2,1-2H3/t20-/m1/s1. The van der Waals surface area contributed by atoms with Crippen molar-refractivity contribution in [2.75, 3.05) is 38.2 Å². The number of benzene rings is 2. The number of hydrogen-bond acceptors (Lipinski definition) is 7. The molecule has 0 bridgehead atoms. The quantitative estimate of drug-likeness (QED) is 0.515. The molecule has 0 unspecified atom stereocenters. The molecule has 0 amide bonds. The van der Waals surface area contributed by atoms with E-state index < -0.39 is 0 Å². The van der Waals surface area contributed by atoms with E-state index in [1.807, 2.05) is 12.1 Å². The SMILES string of the molecule is COc1ccc(N2CCN([C@H](c3ccc(C)cc3)c3sc4ncnn4c3O)CC2)cc1. The van der Waals surface area contributed by atoms with Gasteiger partial charge in [-0.25, -0.2) is 4.98 Å². The maximum Gasteiger partial charge on any atom is 0.230 e. The van der Waals surface area contributed by atoms with Gasteiger partial charge in [0.05, 0.1) is 18.0 Å². The average molecular weight is 436 g/mol. The monoisotopic (exact) mass is 435 g/mol. The van der Waals surface area contributed by atoms with Crippen molar-refractivity contribution in [3.8, 4) is 11.6 Å². The van der Waals surface area contributed by atoms with Crippen LogP contribution < -0.4 is 9.64 Å². The highest BCUT2D eigenvalue weighted by Crippen LogP contribution is 2.40. The zero-order valence-electron chi connectivity index (χ0n) is 17.6. The Bertz CT molecular complexity index is 1160. The first-order valence-electron chi connectivity index (χ1n) is 10.3. The van der Waals surface area contributed by atoms with Crippen LogP contribution in [0.25, 0.3) is 4.96 Å². The van der Waals surface area contributed by atoms with Gasteiger partial charge in [0, 0.05) is 31.9 Å². The van der Waals surface area contributed by atoms with Crippen molar-refractivity contribution in [2.45, 2.75) is 13.0 Å². The molecule has 1 saturated heterocycles. The van der Waals surface area contributed by atoms with Crippen LogP contribution >= 0.6 is 11.3 Å². The number of fused-ring (bicyclic) bond motifs is 1. The van der Waals surface area contributed by atoms with Crippen molar-refractivity contribution >= 4 is 22.0 Å². The van der Waals surface area contributed by atoms with E-state index in [2.05, 4.69) is 63.2 Å². The van der Waals surface area contributed by atoms with Gasteiger partial charge in [-0.05, 0) is 36.8 Å². The molecule has 0 spiro atoms. The first kappa shape index (κ1) is 19.8. The molecular weight excluding hydrogens is 410 g/mol. The minimum atomic E-state index is -0.0351. The number of thiazole rings is 1. The summed E-state index contributed by atoms with van der Waals surface area (Å²) in [6.45, 7) is 5.69. The Morgan fingerprint density at radius 1 is 1.00 bits per heavy atom. The molecule has 5 rings (SSSR count).